The number of methoxy groups -OCH3 is 1. The molecule has 0 saturated heterocycles. The van der Waals surface area contributed by atoms with Crippen LogP contribution in [0, 0.1) is 0 Å². The van der Waals surface area contributed by atoms with Gasteiger partial charge in [-0.1, -0.05) is 18.2 Å². The molecule has 0 amide bonds. The molecule has 0 saturated carbocycles. The number of hydrogen-bond donors (Lipinski definition) is 1. The van der Waals surface area contributed by atoms with Crippen molar-refractivity contribution >= 4 is 17.7 Å². The number of aromatic nitrogens is 4. The normalized spacial score (nSPS) is 10.9. The Morgan fingerprint density at radius 2 is 1.97 bits per heavy atom. The fourth-order valence-corrected chi connectivity index (χ4v) is 2.76. The first-order valence-corrected chi connectivity index (χ1v) is 9.21. The molecule has 2 aromatic carbocycles. The number of anilines is 1. The molecule has 3 rings (SSSR count). The first-order valence-electron chi connectivity index (χ1n) is 9.21. The minimum absolute atomic E-state index is 0.200. The third-order valence-corrected chi connectivity index (χ3v) is 4.36. The summed E-state index contributed by atoms with van der Waals surface area (Å²) >= 11 is 0. The van der Waals surface area contributed by atoms with Crippen molar-refractivity contribution in [3.8, 4) is 11.5 Å². The molecule has 30 heavy (non-hydrogen) atoms. The Hall–Kier alpha value is -3.88. The largest absolute Gasteiger partial charge is 0.496 e. The number of benzene rings is 2. The van der Waals surface area contributed by atoms with E-state index in [-0.39, 0.29) is 12.4 Å². The summed E-state index contributed by atoms with van der Waals surface area (Å²) in [5.74, 6) is 0.132. The van der Waals surface area contributed by atoms with Gasteiger partial charge in [0.15, 0.2) is 0 Å². The van der Waals surface area contributed by atoms with Crippen molar-refractivity contribution in [1.82, 2.24) is 20.2 Å². The standard InChI is InChI=1S/C21H23N5O4/c1-25(2)17-9-8-16(19(13-17)29-3)5-4-12-30-18-10-6-15(7-11-18)14-26-20(21(27)28)22-23-24-26/h4-11,13H,12,14H2,1-3H3,(H,27,28)/b5-4+. The fraction of sp³-hybridized carbons (Fsp3) is 0.238. The number of hydrogen-bond acceptors (Lipinski definition) is 7. The molecule has 0 unspecified atom stereocenters. The molecule has 0 aliphatic rings. The number of carboxylic acid groups (broad SMARTS) is 1. The van der Waals surface area contributed by atoms with E-state index in [2.05, 4.69) is 15.5 Å². The smallest absolute Gasteiger partial charge is 0.375 e. The molecule has 1 heterocycles. The number of tetrazole rings is 1. The second kappa shape index (κ2) is 9.55. The van der Waals surface area contributed by atoms with E-state index in [1.165, 1.54) is 4.68 Å². The Morgan fingerprint density at radius 1 is 1.20 bits per heavy atom. The van der Waals surface area contributed by atoms with Crippen molar-refractivity contribution in [1.29, 1.82) is 0 Å². The Labute approximate surface area is 174 Å². The van der Waals surface area contributed by atoms with Gasteiger partial charge < -0.3 is 19.5 Å². The highest BCUT2D eigenvalue weighted by atomic mass is 16.5. The number of carbonyl (C=O) groups is 1. The van der Waals surface area contributed by atoms with E-state index >= 15 is 0 Å². The van der Waals surface area contributed by atoms with Gasteiger partial charge in [0.25, 0.3) is 5.82 Å². The zero-order chi connectivity index (χ0) is 21.5. The maximum Gasteiger partial charge on any atom is 0.375 e. The summed E-state index contributed by atoms with van der Waals surface area (Å²) in [5, 5.41) is 19.6. The van der Waals surface area contributed by atoms with Crippen LogP contribution in [0.3, 0.4) is 0 Å². The highest BCUT2D eigenvalue weighted by Gasteiger charge is 2.13. The third-order valence-electron chi connectivity index (χ3n) is 4.36. The summed E-state index contributed by atoms with van der Waals surface area (Å²) in [4.78, 5) is 13.1. The number of rotatable bonds is 9. The quantitative estimate of drug-likeness (QED) is 0.575. The number of aromatic carboxylic acids is 1. The van der Waals surface area contributed by atoms with Crippen LogP contribution < -0.4 is 14.4 Å². The Kier molecular flexibility index (Phi) is 6.63. The lowest BCUT2D eigenvalue weighted by atomic mass is 10.1. The predicted octanol–water partition coefficient (Wildman–Crippen LogP) is 2.59. The van der Waals surface area contributed by atoms with Crippen molar-refractivity contribution in [2.75, 3.05) is 32.7 Å². The van der Waals surface area contributed by atoms with Crippen LogP contribution in [0.2, 0.25) is 0 Å². The average Bonchev–Trinajstić information content (AvgIpc) is 3.20. The van der Waals surface area contributed by atoms with Gasteiger partial charge in [0, 0.05) is 31.4 Å². The molecule has 3 aromatic rings. The van der Waals surface area contributed by atoms with E-state index in [1.807, 2.05) is 73.6 Å². The summed E-state index contributed by atoms with van der Waals surface area (Å²) in [6.07, 6.45) is 3.87. The zero-order valence-corrected chi connectivity index (χ0v) is 17.0. The molecule has 156 valence electrons. The van der Waals surface area contributed by atoms with Gasteiger partial charge in [-0.05, 0) is 46.3 Å². The van der Waals surface area contributed by atoms with E-state index in [1.54, 1.807) is 7.11 Å². The molecule has 0 aliphatic carbocycles. The fourth-order valence-electron chi connectivity index (χ4n) is 2.76. The summed E-state index contributed by atoms with van der Waals surface area (Å²) < 4.78 is 12.4. The van der Waals surface area contributed by atoms with Crippen LogP contribution >= 0.6 is 0 Å². The van der Waals surface area contributed by atoms with E-state index in [4.69, 9.17) is 14.6 Å². The summed E-state index contributed by atoms with van der Waals surface area (Å²) in [6, 6.07) is 13.3. The van der Waals surface area contributed by atoms with Gasteiger partial charge in [-0.2, -0.15) is 0 Å². The maximum atomic E-state index is 11.1. The van der Waals surface area contributed by atoms with Gasteiger partial charge in [-0.3, -0.25) is 0 Å². The lowest BCUT2D eigenvalue weighted by Crippen LogP contribution is -2.12. The van der Waals surface area contributed by atoms with Gasteiger partial charge in [-0.25, -0.2) is 9.48 Å². The van der Waals surface area contributed by atoms with Crippen LogP contribution in [0.25, 0.3) is 6.08 Å². The molecule has 9 heteroatoms. The van der Waals surface area contributed by atoms with Crippen LogP contribution in [0.1, 0.15) is 21.7 Å². The lowest BCUT2D eigenvalue weighted by molar-refractivity contribution is 0.0677. The van der Waals surface area contributed by atoms with Gasteiger partial charge >= 0.3 is 5.97 Å². The minimum atomic E-state index is -1.17. The lowest BCUT2D eigenvalue weighted by Gasteiger charge is -2.14. The molecule has 0 spiro atoms. The van der Waals surface area contributed by atoms with Crippen LogP contribution in [0.15, 0.2) is 48.5 Å². The van der Waals surface area contributed by atoms with Crippen LogP contribution in [-0.4, -0.2) is 59.1 Å². The Bertz CT molecular complexity index is 1030. The molecule has 0 fully saturated rings. The van der Waals surface area contributed by atoms with Crippen molar-refractivity contribution in [3.63, 3.8) is 0 Å². The first kappa shape index (κ1) is 20.8. The Morgan fingerprint density at radius 3 is 2.63 bits per heavy atom. The molecule has 0 aliphatic heterocycles. The average molecular weight is 409 g/mol. The highest BCUT2D eigenvalue weighted by Crippen LogP contribution is 2.25. The number of ether oxygens (including phenoxy) is 2. The van der Waals surface area contributed by atoms with Gasteiger partial charge in [-0.15, -0.1) is 5.10 Å². The Balaban J connectivity index is 1.56. The maximum absolute atomic E-state index is 11.1. The topological polar surface area (TPSA) is 103 Å². The zero-order valence-electron chi connectivity index (χ0n) is 17.0. The molecular weight excluding hydrogens is 386 g/mol. The molecular formula is C21H23N5O4. The van der Waals surface area contributed by atoms with Crippen molar-refractivity contribution < 1.29 is 19.4 Å². The number of nitrogens with zero attached hydrogens (tertiary/aromatic N) is 5. The van der Waals surface area contributed by atoms with Gasteiger partial charge in [0.1, 0.15) is 18.1 Å². The van der Waals surface area contributed by atoms with E-state index in [9.17, 15) is 4.79 Å². The molecule has 0 atom stereocenters. The highest BCUT2D eigenvalue weighted by molar-refractivity contribution is 5.83. The van der Waals surface area contributed by atoms with Crippen LogP contribution in [0.5, 0.6) is 11.5 Å². The van der Waals surface area contributed by atoms with Gasteiger partial charge in [0.2, 0.25) is 0 Å². The summed E-state index contributed by atoms with van der Waals surface area (Å²) in [7, 11) is 5.62. The van der Waals surface area contributed by atoms with E-state index < -0.39 is 5.97 Å². The van der Waals surface area contributed by atoms with Crippen LogP contribution in [0.4, 0.5) is 5.69 Å². The third kappa shape index (κ3) is 5.13. The van der Waals surface area contributed by atoms with Crippen molar-refractivity contribution in [3.05, 3.63) is 65.5 Å². The predicted molar refractivity (Wildman–Crippen MR) is 112 cm³/mol. The van der Waals surface area contributed by atoms with E-state index in [0.29, 0.717) is 12.4 Å². The van der Waals surface area contributed by atoms with Crippen LogP contribution in [-0.2, 0) is 6.54 Å². The van der Waals surface area contributed by atoms with Crippen molar-refractivity contribution in [2.24, 2.45) is 0 Å². The molecule has 1 aromatic heterocycles. The van der Waals surface area contributed by atoms with Crippen molar-refractivity contribution in [2.45, 2.75) is 6.54 Å². The van der Waals surface area contributed by atoms with Gasteiger partial charge in [0.05, 0.1) is 13.7 Å². The second-order valence-corrected chi connectivity index (χ2v) is 6.64. The molecule has 0 bridgehead atoms. The molecule has 0 radical (unpaired) electrons. The summed E-state index contributed by atoms with van der Waals surface area (Å²) in [5.41, 5.74) is 2.90. The molecule has 1 N–H and O–H groups in total. The number of carboxylic acids is 1. The second-order valence-electron chi connectivity index (χ2n) is 6.64. The summed E-state index contributed by atoms with van der Waals surface area (Å²) in [6.45, 7) is 0.658. The SMILES string of the molecule is COc1cc(N(C)C)ccc1/C=C/COc1ccc(Cn2nnnc2C(=O)O)cc1. The van der Waals surface area contributed by atoms with E-state index in [0.717, 1.165) is 22.6 Å². The molecule has 9 nitrogen and oxygen atoms in total. The minimum Gasteiger partial charge on any atom is -0.496 e. The first-order chi connectivity index (χ1) is 14.5. The monoisotopic (exact) mass is 409 g/mol.